The molecule has 1 amide bonds. The van der Waals surface area contributed by atoms with Crippen LogP contribution in [0.25, 0.3) is 0 Å². The number of nitrogens with one attached hydrogen (secondary N) is 4. The van der Waals surface area contributed by atoms with Crippen LogP contribution in [0.3, 0.4) is 0 Å². The molecule has 8 rings (SSSR count). The summed E-state index contributed by atoms with van der Waals surface area (Å²) < 4.78 is 25.1. The van der Waals surface area contributed by atoms with Gasteiger partial charge in [-0.1, -0.05) is 48.5 Å². The first-order valence-electron chi connectivity index (χ1n) is 19.4. The van der Waals surface area contributed by atoms with E-state index in [1.807, 2.05) is 35.2 Å². The van der Waals surface area contributed by atoms with Crippen LogP contribution < -0.4 is 47.1 Å². The lowest BCUT2D eigenvalue weighted by atomic mass is 9.81. The quantitative estimate of drug-likeness (QED) is 0.0726. The number of amides is 1. The summed E-state index contributed by atoms with van der Waals surface area (Å²) in [6.07, 6.45) is -4.47. The third-order valence-electron chi connectivity index (χ3n) is 11.1. The van der Waals surface area contributed by atoms with E-state index in [-0.39, 0.29) is 66.0 Å². The number of rotatable bonds is 13. The average molecular weight is 814 g/mol. The molecule has 312 valence electrons. The fraction of sp³-hybridized carbons (Fsp3) is 0.390. The number of ether oxygens (including phenoxy) is 4. The number of anilines is 1. The smallest absolute Gasteiger partial charge is 0.242 e. The van der Waals surface area contributed by atoms with Crippen molar-refractivity contribution in [1.29, 1.82) is 0 Å². The maximum atomic E-state index is 14.3. The number of ketones is 2. The van der Waals surface area contributed by atoms with Crippen molar-refractivity contribution in [3.63, 3.8) is 0 Å². The zero-order chi connectivity index (χ0) is 41.4. The summed E-state index contributed by atoms with van der Waals surface area (Å²) in [5.74, 6) is -0.928. The first kappa shape index (κ1) is 40.4. The number of dihydropyridines is 1. The third kappa shape index (κ3) is 7.77. The Labute approximate surface area is 338 Å². The Kier molecular flexibility index (Phi) is 11.7. The van der Waals surface area contributed by atoms with E-state index in [1.54, 1.807) is 36.4 Å². The number of nitrogens with two attached hydrogens (primary N) is 2. The molecule has 0 aromatic heterocycles. The lowest BCUT2D eigenvalue weighted by molar-refractivity contribution is -0.287. The van der Waals surface area contributed by atoms with Crippen molar-refractivity contribution in [2.24, 2.45) is 11.5 Å². The molecule has 0 spiro atoms. The van der Waals surface area contributed by atoms with Crippen molar-refractivity contribution in [3.05, 3.63) is 112 Å². The van der Waals surface area contributed by atoms with Crippen molar-refractivity contribution in [2.75, 3.05) is 44.5 Å². The number of hydrogen-bond donors (Lipinski definition) is 10. The van der Waals surface area contributed by atoms with E-state index >= 15 is 0 Å². The number of fused-ring (bicyclic) bond motifs is 3. The van der Waals surface area contributed by atoms with E-state index in [4.69, 9.17) is 30.4 Å². The molecule has 0 saturated carbocycles. The Morgan fingerprint density at radius 3 is 2.44 bits per heavy atom. The molecule has 59 heavy (non-hydrogen) atoms. The summed E-state index contributed by atoms with van der Waals surface area (Å²) >= 11 is 0. The van der Waals surface area contributed by atoms with Crippen LogP contribution in [0.5, 0.6) is 11.5 Å². The first-order chi connectivity index (χ1) is 28.6. The van der Waals surface area contributed by atoms with Crippen LogP contribution in [-0.4, -0.2) is 127 Å². The number of aliphatic hydroxyl groups excluding tert-OH is 4. The summed E-state index contributed by atoms with van der Waals surface area (Å²) in [5.41, 5.74) is 15.0. The fourth-order valence-electron chi connectivity index (χ4n) is 8.20. The second kappa shape index (κ2) is 17.1. The van der Waals surface area contributed by atoms with Gasteiger partial charge in [-0.25, -0.2) is 0 Å². The predicted molar refractivity (Wildman–Crippen MR) is 210 cm³/mol. The predicted octanol–water partition coefficient (Wildman–Crippen LogP) is -1.63. The van der Waals surface area contributed by atoms with E-state index in [0.717, 1.165) is 5.57 Å². The van der Waals surface area contributed by atoms with Crippen molar-refractivity contribution < 1.29 is 53.8 Å². The highest BCUT2D eigenvalue weighted by Crippen LogP contribution is 2.45. The number of carbonyl (C=O) groups is 3. The molecule has 3 aromatic carbocycles. The molecule has 8 atom stereocenters. The molecule has 0 unspecified atom stereocenters. The molecule has 0 radical (unpaired) electrons. The van der Waals surface area contributed by atoms with Crippen LogP contribution in [0.4, 0.5) is 5.69 Å². The van der Waals surface area contributed by atoms with E-state index < -0.39 is 74.0 Å². The molecular weight excluding hydrogens is 766 g/mol. The molecule has 3 saturated heterocycles. The van der Waals surface area contributed by atoms with Gasteiger partial charge in [0.1, 0.15) is 49.5 Å². The summed E-state index contributed by atoms with van der Waals surface area (Å²) in [6.45, 7) is -0.582. The molecule has 4 heterocycles. The van der Waals surface area contributed by atoms with Crippen LogP contribution in [0.15, 0.2) is 78.1 Å². The minimum atomic E-state index is -1.60. The van der Waals surface area contributed by atoms with E-state index in [1.165, 1.54) is 0 Å². The van der Waals surface area contributed by atoms with E-state index in [2.05, 4.69) is 21.3 Å². The number of nitrogens with zero attached hydrogens (tertiary/aromatic N) is 1. The van der Waals surface area contributed by atoms with Crippen molar-refractivity contribution in [1.82, 2.24) is 21.3 Å². The standard InChI is InChI=1S/C41H47N7O11/c42-28-15-20(9-11-44-28)10-13-56-37-34(54)33(53)27(18-50)58-40(37)59-35-22(16-21-5-1-4-8-26(21)48-19-45-30-38(48)46-41(43)47-39(30)55)17-25-29(36(35)57-14-12-49)32(52)24-7-3-2-6-23(24)31(25)51/h1-9,15,17,27,30,33-34,37-38,40-41,44-46,49-50,53-54H,10-14,16,18-19,42-43H2,(H,47,55)/t27-,30-,33-,34+,37-,38+,40+,41+/m0/s1. The minimum absolute atomic E-state index is 0.0425. The minimum Gasteiger partial charge on any atom is -0.486 e. The second-order valence-electron chi connectivity index (χ2n) is 14.8. The summed E-state index contributed by atoms with van der Waals surface area (Å²) in [6, 6.07) is 14.8. The molecule has 3 fully saturated rings. The molecule has 12 N–H and O–H groups in total. The normalized spacial score (nSPS) is 27.5. The van der Waals surface area contributed by atoms with Crippen molar-refractivity contribution in [2.45, 2.75) is 62.0 Å². The topological polar surface area (TPSA) is 272 Å². The molecule has 0 bridgehead atoms. The number of benzene rings is 3. The van der Waals surface area contributed by atoms with Gasteiger partial charge >= 0.3 is 0 Å². The molecular formula is C41H47N7O11. The molecule has 1 aliphatic carbocycles. The second-order valence-corrected chi connectivity index (χ2v) is 14.8. The molecule has 4 aliphatic heterocycles. The molecule has 5 aliphatic rings. The Morgan fingerprint density at radius 2 is 1.68 bits per heavy atom. The van der Waals surface area contributed by atoms with Crippen LogP contribution in [0, 0.1) is 0 Å². The van der Waals surface area contributed by atoms with Crippen molar-refractivity contribution >= 4 is 23.2 Å². The maximum Gasteiger partial charge on any atom is 0.242 e. The number of aliphatic hydroxyl groups is 4. The van der Waals surface area contributed by atoms with Crippen LogP contribution >= 0.6 is 0 Å². The van der Waals surface area contributed by atoms with Crippen molar-refractivity contribution in [3.8, 4) is 11.5 Å². The Hall–Kier alpha value is -5.41. The number of para-hydroxylation sites is 1. The van der Waals surface area contributed by atoms with Crippen LogP contribution in [0.1, 0.15) is 49.4 Å². The summed E-state index contributed by atoms with van der Waals surface area (Å²) in [4.78, 5) is 43.4. The largest absolute Gasteiger partial charge is 0.486 e. The van der Waals surface area contributed by atoms with Gasteiger partial charge < -0.3 is 60.6 Å². The highest BCUT2D eigenvalue weighted by Gasteiger charge is 2.48. The maximum absolute atomic E-state index is 14.3. The Bertz CT molecular complexity index is 2180. The van der Waals surface area contributed by atoms with Crippen LogP contribution in [-0.2, 0) is 20.7 Å². The Balaban J connectivity index is 1.23. The monoisotopic (exact) mass is 813 g/mol. The van der Waals surface area contributed by atoms with E-state index in [9.17, 15) is 34.8 Å². The lowest BCUT2D eigenvalue weighted by Crippen LogP contribution is -2.70. The third-order valence-corrected chi connectivity index (χ3v) is 11.1. The van der Waals surface area contributed by atoms with Gasteiger partial charge in [-0.2, -0.15) is 0 Å². The zero-order valence-corrected chi connectivity index (χ0v) is 31.9. The van der Waals surface area contributed by atoms with Gasteiger partial charge in [0.25, 0.3) is 0 Å². The van der Waals surface area contributed by atoms with Gasteiger partial charge in [-0.05, 0) is 35.8 Å². The fourth-order valence-corrected chi connectivity index (χ4v) is 8.20. The Morgan fingerprint density at radius 1 is 0.915 bits per heavy atom. The lowest BCUT2D eigenvalue weighted by Gasteiger charge is -2.42. The van der Waals surface area contributed by atoms with Gasteiger partial charge in [0.15, 0.2) is 23.1 Å². The summed E-state index contributed by atoms with van der Waals surface area (Å²) in [7, 11) is 0. The van der Waals surface area contributed by atoms with Gasteiger partial charge in [-0.15, -0.1) is 0 Å². The van der Waals surface area contributed by atoms with Gasteiger partial charge in [-0.3, -0.25) is 30.8 Å². The SMILES string of the molecule is NC1=CC(CCO[C@@H]2[C@@H](Oc3c(Cc4ccccc4N4CN[C@@H]5C(=O)N[C@H](N)N[C@@H]54)cc4c(c3OCCO)C(=O)c3ccccc3C4=O)O[C@@H](CO)[C@H](O)[C@H]2O)=CCN1. The highest BCUT2D eigenvalue weighted by molar-refractivity contribution is 6.29. The molecule has 18 nitrogen and oxygen atoms in total. The number of carbonyl (C=O) groups excluding carboxylic acids is 3. The first-order valence-corrected chi connectivity index (χ1v) is 19.4. The summed E-state index contributed by atoms with van der Waals surface area (Å²) in [5, 5.41) is 54.7. The van der Waals surface area contributed by atoms with Gasteiger partial charge in [0.2, 0.25) is 12.2 Å². The number of allylic oxidation sites excluding steroid dienone is 1. The molecule has 18 heteroatoms. The van der Waals surface area contributed by atoms with Gasteiger partial charge in [0.05, 0.1) is 37.9 Å². The van der Waals surface area contributed by atoms with Crippen LogP contribution in [0.2, 0.25) is 0 Å². The van der Waals surface area contributed by atoms with E-state index in [0.29, 0.717) is 35.6 Å². The molecule has 3 aromatic rings. The number of hydrogen-bond acceptors (Lipinski definition) is 17. The average Bonchev–Trinajstić information content (AvgIpc) is 3.66. The zero-order valence-electron chi connectivity index (χ0n) is 31.9. The van der Waals surface area contributed by atoms with Gasteiger partial charge in [0, 0.05) is 40.9 Å². The highest BCUT2D eigenvalue weighted by atomic mass is 16.7.